The second-order valence-electron chi connectivity index (χ2n) is 9.88. The summed E-state index contributed by atoms with van der Waals surface area (Å²) in [5.41, 5.74) is 1.28. The molecule has 9 nitrogen and oxygen atoms in total. The van der Waals surface area contributed by atoms with Crippen LogP contribution < -0.4 is 16.1 Å². The Labute approximate surface area is 208 Å². The molecule has 9 heteroatoms. The van der Waals surface area contributed by atoms with E-state index in [9.17, 15) is 14.4 Å². The minimum atomic E-state index is -0.496. The second-order valence-corrected chi connectivity index (χ2v) is 9.88. The highest BCUT2D eigenvalue weighted by Gasteiger charge is 2.30. The van der Waals surface area contributed by atoms with E-state index >= 15 is 0 Å². The van der Waals surface area contributed by atoms with E-state index < -0.39 is 11.2 Å². The van der Waals surface area contributed by atoms with Crippen molar-refractivity contribution < 1.29 is 4.79 Å². The SMILES string of the molecule is Cn1c(=O)[nH]c(=O)c2c1nc(N1CCN(C(=O)c3ccccc3)CC1)n2CC(C)(C)c1ccccc1. The number of aryl methyl sites for hydroxylation is 1. The molecule has 0 saturated carbocycles. The zero-order valence-electron chi connectivity index (χ0n) is 20.8. The number of imidazole rings is 1. The number of piperazine rings is 1. The molecule has 0 radical (unpaired) electrons. The predicted molar refractivity (Wildman–Crippen MR) is 140 cm³/mol. The van der Waals surface area contributed by atoms with Gasteiger partial charge < -0.3 is 14.4 Å². The molecule has 1 N–H and O–H groups in total. The molecule has 36 heavy (non-hydrogen) atoms. The number of aromatic nitrogens is 4. The largest absolute Gasteiger partial charge is 0.339 e. The first-order valence-corrected chi connectivity index (χ1v) is 12.1. The number of anilines is 1. The predicted octanol–water partition coefficient (Wildman–Crippen LogP) is 2.36. The molecule has 2 aromatic carbocycles. The molecule has 0 aliphatic carbocycles. The highest BCUT2D eigenvalue weighted by Crippen LogP contribution is 2.30. The standard InChI is InChI=1S/C27H30N6O3/c1-27(2,20-12-8-5-9-13-20)18-33-21-22(30(3)26(36)29-23(21)34)28-25(33)32-16-14-31(15-17-32)24(35)19-10-6-4-7-11-19/h4-13H,14-18H2,1-3H3,(H,29,34,36). The highest BCUT2D eigenvalue weighted by atomic mass is 16.2. The number of nitrogens with one attached hydrogen (secondary N) is 1. The van der Waals surface area contributed by atoms with E-state index in [0.29, 0.717) is 55.4 Å². The molecule has 1 saturated heterocycles. The quantitative estimate of drug-likeness (QED) is 0.467. The van der Waals surface area contributed by atoms with Crippen molar-refractivity contribution in [2.24, 2.45) is 7.05 Å². The minimum Gasteiger partial charge on any atom is -0.339 e. The Morgan fingerprint density at radius 3 is 2.19 bits per heavy atom. The highest BCUT2D eigenvalue weighted by molar-refractivity contribution is 5.94. The van der Waals surface area contributed by atoms with Gasteiger partial charge in [-0.25, -0.2) is 4.79 Å². The maximum atomic E-state index is 13.0. The first-order valence-electron chi connectivity index (χ1n) is 12.1. The molecule has 3 heterocycles. The number of benzene rings is 2. The first-order chi connectivity index (χ1) is 17.3. The van der Waals surface area contributed by atoms with Crippen molar-refractivity contribution >= 4 is 23.0 Å². The molecule has 5 rings (SSSR count). The minimum absolute atomic E-state index is 0.00723. The summed E-state index contributed by atoms with van der Waals surface area (Å²) in [5.74, 6) is 0.639. The van der Waals surface area contributed by atoms with Gasteiger partial charge in [-0.3, -0.25) is 19.1 Å². The third-order valence-corrected chi connectivity index (χ3v) is 6.97. The topological polar surface area (TPSA) is 96.2 Å². The first kappa shape index (κ1) is 23.6. The van der Waals surface area contributed by atoms with Gasteiger partial charge in [0.25, 0.3) is 11.5 Å². The number of H-pyrrole nitrogens is 1. The number of nitrogens with zero attached hydrogens (tertiary/aromatic N) is 5. The summed E-state index contributed by atoms with van der Waals surface area (Å²) < 4.78 is 3.30. The Balaban J connectivity index is 1.51. The normalized spacial score (nSPS) is 14.4. The van der Waals surface area contributed by atoms with Crippen molar-refractivity contribution in [1.82, 2.24) is 24.0 Å². The van der Waals surface area contributed by atoms with Gasteiger partial charge in [0.15, 0.2) is 11.2 Å². The van der Waals surface area contributed by atoms with Gasteiger partial charge in [0.05, 0.1) is 0 Å². The molecule has 0 spiro atoms. The molecule has 4 aromatic rings. The zero-order valence-corrected chi connectivity index (χ0v) is 20.8. The summed E-state index contributed by atoms with van der Waals surface area (Å²) >= 11 is 0. The van der Waals surface area contributed by atoms with E-state index in [4.69, 9.17) is 4.98 Å². The van der Waals surface area contributed by atoms with Crippen LogP contribution >= 0.6 is 0 Å². The molecule has 0 unspecified atom stereocenters. The summed E-state index contributed by atoms with van der Waals surface area (Å²) in [6, 6.07) is 19.4. The van der Waals surface area contributed by atoms with Crippen LogP contribution in [0.25, 0.3) is 11.2 Å². The van der Waals surface area contributed by atoms with Gasteiger partial charge in [0.2, 0.25) is 5.95 Å². The molecule has 1 amide bonds. The third kappa shape index (κ3) is 4.21. The fourth-order valence-corrected chi connectivity index (χ4v) is 4.86. The molecular weight excluding hydrogens is 456 g/mol. The lowest BCUT2D eigenvalue weighted by atomic mass is 9.84. The lowest BCUT2D eigenvalue weighted by Gasteiger charge is -2.36. The van der Waals surface area contributed by atoms with Crippen LogP contribution in [0.15, 0.2) is 70.3 Å². The summed E-state index contributed by atoms with van der Waals surface area (Å²) in [4.78, 5) is 49.4. The number of fused-ring (bicyclic) bond motifs is 1. The van der Waals surface area contributed by atoms with E-state index in [0.717, 1.165) is 5.56 Å². The fraction of sp³-hybridized carbons (Fsp3) is 0.333. The Morgan fingerprint density at radius 2 is 1.56 bits per heavy atom. The van der Waals surface area contributed by atoms with E-state index in [1.807, 2.05) is 58.0 Å². The third-order valence-electron chi connectivity index (χ3n) is 6.97. The monoisotopic (exact) mass is 486 g/mol. The lowest BCUT2D eigenvalue weighted by molar-refractivity contribution is 0.0746. The van der Waals surface area contributed by atoms with Crippen LogP contribution in [0.2, 0.25) is 0 Å². The van der Waals surface area contributed by atoms with E-state index in [2.05, 4.69) is 35.9 Å². The number of rotatable bonds is 5. The van der Waals surface area contributed by atoms with Crippen molar-refractivity contribution in [3.8, 4) is 0 Å². The summed E-state index contributed by atoms with van der Waals surface area (Å²) in [6.07, 6.45) is 0. The number of amides is 1. The van der Waals surface area contributed by atoms with Crippen LogP contribution in [0.4, 0.5) is 5.95 Å². The molecule has 0 atom stereocenters. The van der Waals surface area contributed by atoms with Crippen LogP contribution in [-0.4, -0.2) is 56.1 Å². The Hall–Kier alpha value is -4.14. The average molecular weight is 487 g/mol. The molecule has 2 aromatic heterocycles. The van der Waals surface area contributed by atoms with Crippen molar-refractivity contribution in [2.45, 2.75) is 25.8 Å². The number of carbonyl (C=O) groups is 1. The average Bonchev–Trinajstić information content (AvgIpc) is 3.27. The number of hydrogen-bond donors (Lipinski definition) is 1. The van der Waals surface area contributed by atoms with Gasteiger partial charge in [0.1, 0.15) is 0 Å². The molecular formula is C27H30N6O3. The van der Waals surface area contributed by atoms with Crippen LogP contribution in [0.3, 0.4) is 0 Å². The van der Waals surface area contributed by atoms with Gasteiger partial charge in [-0.2, -0.15) is 4.98 Å². The van der Waals surface area contributed by atoms with Crippen LogP contribution in [0, 0.1) is 0 Å². The van der Waals surface area contributed by atoms with Gasteiger partial charge in [-0.1, -0.05) is 62.4 Å². The van der Waals surface area contributed by atoms with E-state index in [1.165, 1.54) is 4.57 Å². The molecule has 186 valence electrons. The zero-order chi connectivity index (χ0) is 25.4. The summed E-state index contributed by atoms with van der Waals surface area (Å²) in [7, 11) is 1.61. The van der Waals surface area contributed by atoms with Crippen molar-refractivity contribution in [3.63, 3.8) is 0 Å². The number of aromatic amines is 1. The summed E-state index contributed by atoms with van der Waals surface area (Å²) in [5, 5.41) is 0. The van der Waals surface area contributed by atoms with Gasteiger partial charge in [0, 0.05) is 50.7 Å². The van der Waals surface area contributed by atoms with E-state index in [1.54, 1.807) is 7.05 Å². The van der Waals surface area contributed by atoms with Gasteiger partial charge in [-0.05, 0) is 17.7 Å². The van der Waals surface area contributed by atoms with Gasteiger partial charge in [-0.15, -0.1) is 0 Å². The maximum Gasteiger partial charge on any atom is 0.329 e. The molecule has 1 aliphatic heterocycles. The smallest absolute Gasteiger partial charge is 0.329 e. The lowest BCUT2D eigenvalue weighted by Crippen LogP contribution is -2.49. The molecule has 0 bridgehead atoms. The van der Waals surface area contributed by atoms with Crippen LogP contribution in [0.1, 0.15) is 29.8 Å². The Kier molecular flexibility index (Phi) is 5.99. The fourth-order valence-electron chi connectivity index (χ4n) is 4.86. The number of carbonyl (C=O) groups excluding carboxylic acids is 1. The van der Waals surface area contributed by atoms with Crippen molar-refractivity contribution in [1.29, 1.82) is 0 Å². The molecule has 1 fully saturated rings. The summed E-state index contributed by atoms with van der Waals surface area (Å²) in [6.45, 7) is 6.96. The van der Waals surface area contributed by atoms with Gasteiger partial charge >= 0.3 is 5.69 Å². The Bertz CT molecular complexity index is 1510. The molecule has 1 aliphatic rings. The van der Waals surface area contributed by atoms with Crippen LogP contribution in [0.5, 0.6) is 0 Å². The van der Waals surface area contributed by atoms with Crippen molar-refractivity contribution in [2.75, 3.05) is 31.1 Å². The van der Waals surface area contributed by atoms with Crippen molar-refractivity contribution in [3.05, 3.63) is 92.6 Å². The number of hydrogen-bond acceptors (Lipinski definition) is 5. The Morgan fingerprint density at radius 1 is 0.944 bits per heavy atom. The van der Waals surface area contributed by atoms with Crippen LogP contribution in [-0.2, 0) is 19.0 Å². The second kappa shape index (κ2) is 9.14. The van der Waals surface area contributed by atoms with E-state index in [-0.39, 0.29) is 11.3 Å². The maximum absolute atomic E-state index is 13.0.